The topological polar surface area (TPSA) is 69.7 Å². The number of hydrogen-bond donors (Lipinski definition) is 0. The van der Waals surface area contributed by atoms with Crippen LogP contribution in [0.25, 0.3) is 0 Å². The Kier molecular flexibility index (Phi) is 6.33. The van der Waals surface area contributed by atoms with Gasteiger partial charge in [-0.3, -0.25) is 4.18 Å². The molecule has 0 fully saturated rings. The van der Waals surface area contributed by atoms with Crippen LogP contribution in [0.15, 0.2) is 42.2 Å². The van der Waals surface area contributed by atoms with Gasteiger partial charge in [0.05, 0.1) is 24.8 Å². The molecule has 0 heterocycles. The molecule has 0 N–H and O–H groups in total. The summed E-state index contributed by atoms with van der Waals surface area (Å²) in [5.74, 6) is -0.575. The molecule has 0 bridgehead atoms. The molecule has 0 amide bonds. The highest BCUT2D eigenvalue weighted by molar-refractivity contribution is 7.85. The number of ether oxygens (including phenoxy) is 1. The maximum atomic E-state index is 12.6. The van der Waals surface area contributed by atoms with Gasteiger partial charge in [-0.2, -0.15) is 8.42 Å². The van der Waals surface area contributed by atoms with E-state index in [-0.39, 0.29) is 31.5 Å². The van der Waals surface area contributed by atoms with E-state index >= 15 is 0 Å². The van der Waals surface area contributed by atoms with Crippen LogP contribution in [-0.4, -0.2) is 33.9 Å². The molecule has 0 aliphatic heterocycles. The van der Waals surface area contributed by atoms with Crippen LogP contribution in [0.2, 0.25) is 0 Å². The van der Waals surface area contributed by atoms with Gasteiger partial charge in [0, 0.05) is 0 Å². The summed E-state index contributed by atoms with van der Waals surface area (Å²) in [4.78, 5) is 11.6. The minimum Gasteiger partial charge on any atom is -0.457 e. The first-order valence-corrected chi connectivity index (χ1v) is 7.59. The fourth-order valence-electron chi connectivity index (χ4n) is 1.30. The summed E-state index contributed by atoms with van der Waals surface area (Å²) in [6.07, 6.45) is 1.21. The van der Waals surface area contributed by atoms with Crippen molar-refractivity contribution < 1.29 is 26.5 Å². The molecule has 7 heteroatoms. The van der Waals surface area contributed by atoms with Crippen molar-refractivity contribution in [2.24, 2.45) is 0 Å². The summed E-state index contributed by atoms with van der Waals surface area (Å²) in [7, 11) is -3.56. The van der Waals surface area contributed by atoms with Gasteiger partial charge in [-0.25, -0.2) is 9.18 Å². The molecule has 1 rings (SSSR count). The average Bonchev–Trinajstić information content (AvgIpc) is 2.42. The summed E-state index contributed by atoms with van der Waals surface area (Å²) < 4.78 is 43.4. The third-order valence-corrected chi connectivity index (χ3v) is 2.87. The van der Waals surface area contributed by atoms with E-state index in [0.717, 1.165) is 6.26 Å². The average molecular weight is 302 g/mol. The van der Waals surface area contributed by atoms with E-state index in [2.05, 4.69) is 4.18 Å². The highest BCUT2D eigenvalue weighted by atomic mass is 32.2. The maximum absolute atomic E-state index is 12.6. The van der Waals surface area contributed by atoms with Gasteiger partial charge in [0.25, 0.3) is 10.1 Å². The molecule has 110 valence electrons. The lowest BCUT2D eigenvalue weighted by Gasteiger charge is -2.07. The summed E-state index contributed by atoms with van der Waals surface area (Å²) in [6.45, 7) is -0.450. The molecule has 0 unspecified atom stereocenters. The van der Waals surface area contributed by atoms with Crippen molar-refractivity contribution in [2.45, 2.75) is 6.42 Å². The molecule has 0 aromatic heterocycles. The van der Waals surface area contributed by atoms with Crippen LogP contribution in [0.3, 0.4) is 0 Å². The molecule has 0 aliphatic carbocycles. The summed E-state index contributed by atoms with van der Waals surface area (Å²) in [5, 5.41) is 0. The molecule has 1 aromatic rings. The van der Waals surface area contributed by atoms with E-state index in [1.54, 1.807) is 30.3 Å². The number of esters is 1. The Morgan fingerprint density at radius 2 is 1.95 bits per heavy atom. The quantitative estimate of drug-likeness (QED) is 0.569. The van der Waals surface area contributed by atoms with Gasteiger partial charge in [-0.05, 0) is 24.1 Å². The third kappa shape index (κ3) is 6.44. The molecular weight excluding hydrogens is 287 g/mol. The summed E-state index contributed by atoms with van der Waals surface area (Å²) >= 11 is 0. The van der Waals surface area contributed by atoms with Gasteiger partial charge < -0.3 is 4.74 Å². The van der Waals surface area contributed by atoms with E-state index in [9.17, 15) is 17.6 Å². The fourth-order valence-corrected chi connectivity index (χ4v) is 1.68. The standard InChI is InChI=1S/C13H15FO5S/c1-20(16,17)19-8-7-11(9-14)10-18-13(15)12-5-3-2-4-6-12/h2-6,9H,7-8,10H2,1H3/b11-9-. The van der Waals surface area contributed by atoms with Crippen molar-refractivity contribution in [2.75, 3.05) is 19.5 Å². The highest BCUT2D eigenvalue weighted by Gasteiger charge is 2.09. The summed E-state index contributed by atoms with van der Waals surface area (Å²) in [5.41, 5.74) is 0.496. The Bertz CT molecular complexity index is 566. The number of benzene rings is 1. The second-order valence-electron chi connectivity index (χ2n) is 3.99. The first kappa shape index (κ1) is 16.3. The molecule has 20 heavy (non-hydrogen) atoms. The Morgan fingerprint density at radius 1 is 1.30 bits per heavy atom. The van der Waals surface area contributed by atoms with Gasteiger partial charge in [0.2, 0.25) is 0 Å². The molecule has 5 nitrogen and oxygen atoms in total. The Hall–Kier alpha value is -1.73. The van der Waals surface area contributed by atoms with Crippen LogP contribution in [0.4, 0.5) is 4.39 Å². The van der Waals surface area contributed by atoms with E-state index < -0.39 is 16.1 Å². The van der Waals surface area contributed by atoms with Crippen LogP contribution in [0, 0.1) is 0 Å². The Balaban J connectivity index is 2.41. The molecule has 0 saturated heterocycles. The fraction of sp³-hybridized carbons (Fsp3) is 0.308. The first-order chi connectivity index (χ1) is 9.42. The van der Waals surface area contributed by atoms with E-state index in [1.165, 1.54) is 0 Å². The molecule has 0 saturated carbocycles. The number of rotatable bonds is 7. The van der Waals surface area contributed by atoms with Crippen LogP contribution in [0.5, 0.6) is 0 Å². The SMILES string of the molecule is CS(=O)(=O)OCC/C(=C/F)COC(=O)c1ccccc1. The van der Waals surface area contributed by atoms with Crippen molar-refractivity contribution in [3.05, 3.63) is 47.8 Å². The summed E-state index contributed by atoms with van der Waals surface area (Å²) in [6, 6.07) is 8.28. The maximum Gasteiger partial charge on any atom is 0.338 e. The van der Waals surface area contributed by atoms with Gasteiger partial charge in [-0.1, -0.05) is 18.2 Å². The van der Waals surface area contributed by atoms with Crippen molar-refractivity contribution in [1.29, 1.82) is 0 Å². The third-order valence-electron chi connectivity index (χ3n) is 2.27. The predicted molar refractivity (Wildman–Crippen MR) is 71.3 cm³/mol. The minimum atomic E-state index is -3.56. The van der Waals surface area contributed by atoms with Gasteiger partial charge in [0.15, 0.2) is 0 Å². The normalized spacial score (nSPS) is 12.2. The van der Waals surface area contributed by atoms with Crippen molar-refractivity contribution >= 4 is 16.1 Å². The van der Waals surface area contributed by atoms with Gasteiger partial charge in [0.1, 0.15) is 6.61 Å². The van der Waals surface area contributed by atoms with Crippen LogP contribution >= 0.6 is 0 Å². The Morgan fingerprint density at radius 3 is 2.50 bits per heavy atom. The van der Waals surface area contributed by atoms with Gasteiger partial charge in [-0.15, -0.1) is 0 Å². The van der Waals surface area contributed by atoms with Crippen LogP contribution < -0.4 is 0 Å². The minimum absolute atomic E-state index is 0.0195. The lowest BCUT2D eigenvalue weighted by Crippen LogP contribution is -2.10. The van der Waals surface area contributed by atoms with Crippen molar-refractivity contribution in [3.8, 4) is 0 Å². The van der Waals surface area contributed by atoms with E-state index in [1.807, 2.05) is 0 Å². The number of hydrogen-bond acceptors (Lipinski definition) is 5. The highest BCUT2D eigenvalue weighted by Crippen LogP contribution is 2.07. The number of halogens is 1. The molecule has 0 spiro atoms. The van der Waals surface area contributed by atoms with Crippen LogP contribution in [-0.2, 0) is 19.0 Å². The zero-order chi connectivity index (χ0) is 15.0. The second kappa shape index (κ2) is 7.76. The van der Waals surface area contributed by atoms with Crippen LogP contribution in [0.1, 0.15) is 16.8 Å². The molecule has 0 aliphatic rings. The monoisotopic (exact) mass is 302 g/mol. The van der Waals surface area contributed by atoms with Crippen molar-refractivity contribution in [1.82, 2.24) is 0 Å². The molecule has 1 aromatic carbocycles. The lowest BCUT2D eigenvalue weighted by atomic mass is 10.2. The largest absolute Gasteiger partial charge is 0.457 e. The lowest BCUT2D eigenvalue weighted by molar-refractivity contribution is 0.0534. The number of carbonyl (C=O) groups is 1. The first-order valence-electron chi connectivity index (χ1n) is 5.77. The van der Waals surface area contributed by atoms with Crippen molar-refractivity contribution in [3.63, 3.8) is 0 Å². The molecule has 0 radical (unpaired) electrons. The zero-order valence-corrected chi connectivity index (χ0v) is 11.7. The van der Waals surface area contributed by atoms with Gasteiger partial charge >= 0.3 is 5.97 Å². The predicted octanol–water partition coefficient (Wildman–Crippen LogP) is 2.06. The molecule has 0 atom stereocenters. The number of carbonyl (C=O) groups excluding carboxylic acids is 1. The second-order valence-corrected chi connectivity index (χ2v) is 5.63. The smallest absolute Gasteiger partial charge is 0.338 e. The van der Waals surface area contributed by atoms with E-state index in [0.29, 0.717) is 5.56 Å². The molecular formula is C13H15FO5S. The van der Waals surface area contributed by atoms with E-state index in [4.69, 9.17) is 4.74 Å². The zero-order valence-electron chi connectivity index (χ0n) is 10.9. The Labute approximate surface area is 117 Å².